The van der Waals surface area contributed by atoms with Gasteiger partial charge in [-0.25, -0.2) is 15.0 Å². The first-order chi connectivity index (χ1) is 15.5. The molecule has 11 nitrogen and oxygen atoms in total. The quantitative estimate of drug-likeness (QED) is 0.433. The van der Waals surface area contributed by atoms with Gasteiger partial charge in [0.15, 0.2) is 11.6 Å². The van der Waals surface area contributed by atoms with Gasteiger partial charge in [0.25, 0.3) is 0 Å². The van der Waals surface area contributed by atoms with Crippen molar-refractivity contribution < 1.29 is 4.74 Å². The molecule has 0 unspecified atom stereocenters. The van der Waals surface area contributed by atoms with Crippen molar-refractivity contribution in [2.45, 2.75) is 6.92 Å². The number of aryl methyl sites for hydroxylation is 2. The van der Waals surface area contributed by atoms with Gasteiger partial charge in [-0.3, -0.25) is 9.08 Å². The largest absolute Gasteiger partial charge is 0.481 e. The van der Waals surface area contributed by atoms with Gasteiger partial charge in [0.1, 0.15) is 17.2 Å². The van der Waals surface area contributed by atoms with Crippen molar-refractivity contribution in [2.75, 3.05) is 18.2 Å². The lowest BCUT2D eigenvalue weighted by Crippen LogP contribution is -2.05. The van der Waals surface area contributed by atoms with Crippen molar-refractivity contribution >= 4 is 23.1 Å². The number of nitrogens with zero attached hydrogens (tertiary/aromatic N) is 8. The Kier molecular flexibility index (Phi) is 4.62. The topological polar surface area (TPSA) is 134 Å². The molecule has 0 fully saturated rings. The molecular formula is C21H20N10O. The molecule has 0 amide bonds. The monoisotopic (exact) mass is 428 g/mol. The maximum Gasteiger partial charge on any atom is 0.223 e. The SMILES string of the molecule is COc1ccc(Nc2nc3ccc(-c4cnn(C)c4)cn3c2-c2nc(C)nc(N)n2)cn1. The van der Waals surface area contributed by atoms with Crippen molar-refractivity contribution in [3.63, 3.8) is 0 Å². The van der Waals surface area contributed by atoms with Crippen LogP contribution < -0.4 is 15.8 Å². The highest BCUT2D eigenvalue weighted by molar-refractivity contribution is 5.78. The second-order valence-corrected chi connectivity index (χ2v) is 7.14. The number of nitrogen functional groups attached to an aromatic ring is 1. The summed E-state index contributed by atoms with van der Waals surface area (Å²) in [6, 6.07) is 7.55. The standard InChI is InChI=1S/C21H20N10O/c1-12-25-19(29-21(22)26-12)18-20(27-15-5-7-17(32-3)23-9-15)28-16-6-4-13(11-31(16)18)14-8-24-30(2)10-14/h4-11,27H,1-3H3,(H2,22,25,26,29). The first kappa shape index (κ1) is 19.4. The predicted octanol–water partition coefficient (Wildman–Crippen LogP) is 2.62. The third-order valence-electron chi connectivity index (χ3n) is 4.84. The highest BCUT2D eigenvalue weighted by Crippen LogP contribution is 2.31. The Morgan fingerprint density at radius 1 is 0.969 bits per heavy atom. The lowest BCUT2D eigenvalue weighted by atomic mass is 10.2. The van der Waals surface area contributed by atoms with E-state index >= 15 is 0 Å². The number of ether oxygens (including phenoxy) is 1. The van der Waals surface area contributed by atoms with E-state index in [0.29, 0.717) is 34.7 Å². The van der Waals surface area contributed by atoms with E-state index in [0.717, 1.165) is 16.8 Å². The molecule has 0 spiro atoms. The van der Waals surface area contributed by atoms with Gasteiger partial charge in [-0.15, -0.1) is 0 Å². The summed E-state index contributed by atoms with van der Waals surface area (Å²) in [6.07, 6.45) is 7.40. The van der Waals surface area contributed by atoms with Crippen molar-refractivity contribution in [1.29, 1.82) is 0 Å². The van der Waals surface area contributed by atoms with E-state index in [1.807, 2.05) is 48.2 Å². The molecule has 0 saturated heterocycles. The van der Waals surface area contributed by atoms with Gasteiger partial charge in [0.2, 0.25) is 11.8 Å². The number of rotatable bonds is 5. The number of nitrogens with two attached hydrogens (primary N) is 1. The Hall–Kier alpha value is -4.54. The molecule has 5 aromatic rings. The summed E-state index contributed by atoms with van der Waals surface area (Å²) < 4.78 is 8.82. The van der Waals surface area contributed by atoms with Crippen molar-refractivity contribution in [3.05, 3.63) is 54.9 Å². The number of anilines is 3. The number of pyridine rings is 2. The summed E-state index contributed by atoms with van der Waals surface area (Å²) in [7, 11) is 3.45. The number of aromatic nitrogens is 8. The number of methoxy groups -OCH3 is 1. The molecule has 5 rings (SSSR count). The Labute approximate surface area is 183 Å². The Balaban J connectivity index is 1.69. The first-order valence-corrected chi connectivity index (χ1v) is 9.77. The zero-order valence-electron chi connectivity index (χ0n) is 17.7. The maximum atomic E-state index is 5.92. The fraction of sp³-hybridized carbons (Fsp3) is 0.143. The van der Waals surface area contributed by atoms with E-state index in [1.54, 1.807) is 31.0 Å². The Bertz CT molecular complexity index is 1400. The zero-order valence-corrected chi connectivity index (χ0v) is 17.7. The fourth-order valence-corrected chi connectivity index (χ4v) is 3.41. The number of nitrogens with one attached hydrogen (secondary N) is 1. The third kappa shape index (κ3) is 3.55. The molecule has 0 aliphatic carbocycles. The molecule has 0 bridgehead atoms. The van der Waals surface area contributed by atoms with Crippen molar-refractivity contribution in [3.8, 4) is 28.5 Å². The molecular weight excluding hydrogens is 408 g/mol. The zero-order chi connectivity index (χ0) is 22.2. The van der Waals surface area contributed by atoms with E-state index in [9.17, 15) is 0 Å². The van der Waals surface area contributed by atoms with Crippen LogP contribution in [0.3, 0.4) is 0 Å². The maximum absolute atomic E-state index is 5.92. The highest BCUT2D eigenvalue weighted by Gasteiger charge is 2.19. The van der Waals surface area contributed by atoms with Crippen molar-refractivity contribution in [1.82, 2.24) is 39.1 Å². The van der Waals surface area contributed by atoms with E-state index in [4.69, 9.17) is 15.5 Å². The molecule has 5 heterocycles. The van der Waals surface area contributed by atoms with E-state index in [2.05, 4.69) is 30.4 Å². The van der Waals surface area contributed by atoms with Gasteiger partial charge in [-0.1, -0.05) is 0 Å². The number of imidazole rings is 1. The van der Waals surface area contributed by atoms with E-state index in [-0.39, 0.29) is 5.95 Å². The van der Waals surface area contributed by atoms with E-state index < -0.39 is 0 Å². The number of hydrogen-bond donors (Lipinski definition) is 2. The van der Waals surface area contributed by atoms with Gasteiger partial charge in [-0.05, 0) is 25.1 Å². The lowest BCUT2D eigenvalue weighted by Gasteiger charge is -2.08. The van der Waals surface area contributed by atoms with Crippen LogP contribution in [0.15, 0.2) is 49.1 Å². The van der Waals surface area contributed by atoms with Crippen LogP contribution in [0, 0.1) is 6.92 Å². The van der Waals surface area contributed by atoms with Gasteiger partial charge < -0.3 is 15.8 Å². The Morgan fingerprint density at radius 3 is 2.53 bits per heavy atom. The molecule has 11 heteroatoms. The highest BCUT2D eigenvalue weighted by atomic mass is 16.5. The molecule has 5 aromatic heterocycles. The van der Waals surface area contributed by atoms with Crippen LogP contribution in [-0.4, -0.2) is 46.2 Å². The summed E-state index contributed by atoms with van der Waals surface area (Å²) in [5, 5.41) is 7.57. The Morgan fingerprint density at radius 2 is 1.84 bits per heavy atom. The molecule has 0 atom stereocenters. The minimum Gasteiger partial charge on any atom is -0.481 e. The average molecular weight is 428 g/mol. The van der Waals surface area contributed by atoms with Crippen LogP contribution in [0.1, 0.15) is 5.82 Å². The van der Waals surface area contributed by atoms with Crippen LogP contribution in [0.25, 0.3) is 28.3 Å². The van der Waals surface area contributed by atoms with Gasteiger partial charge in [0, 0.05) is 36.6 Å². The molecule has 32 heavy (non-hydrogen) atoms. The molecule has 160 valence electrons. The second kappa shape index (κ2) is 7.61. The minimum atomic E-state index is 0.142. The summed E-state index contributed by atoms with van der Waals surface area (Å²) in [4.78, 5) is 22.0. The van der Waals surface area contributed by atoms with Gasteiger partial charge in [-0.2, -0.15) is 15.1 Å². The van der Waals surface area contributed by atoms with Gasteiger partial charge >= 0.3 is 0 Å². The average Bonchev–Trinajstić information content (AvgIpc) is 3.36. The molecule has 0 aliphatic rings. The van der Waals surface area contributed by atoms with E-state index in [1.165, 1.54) is 0 Å². The van der Waals surface area contributed by atoms with Crippen LogP contribution in [0.4, 0.5) is 17.5 Å². The molecule has 0 aliphatic heterocycles. The summed E-state index contributed by atoms with van der Waals surface area (Å²) in [5.41, 5.74) is 9.98. The first-order valence-electron chi connectivity index (χ1n) is 9.77. The molecule has 0 aromatic carbocycles. The van der Waals surface area contributed by atoms with Crippen LogP contribution in [0.5, 0.6) is 5.88 Å². The second-order valence-electron chi connectivity index (χ2n) is 7.14. The number of fused-ring (bicyclic) bond motifs is 1. The fourth-order valence-electron chi connectivity index (χ4n) is 3.41. The van der Waals surface area contributed by atoms with Crippen LogP contribution in [0.2, 0.25) is 0 Å². The smallest absolute Gasteiger partial charge is 0.223 e. The third-order valence-corrected chi connectivity index (χ3v) is 4.84. The normalized spacial score (nSPS) is 11.1. The minimum absolute atomic E-state index is 0.142. The van der Waals surface area contributed by atoms with Crippen LogP contribution in [-0.2, 0) is 7.05 Å². The summed E-state index contributed by atoms with van der Waals surface area (Å²) in [5.74, 6) is 2.15. The van der Waals surface area contributed by atoms with Gasteiger partial charge in [0.05, 0.1) is 25.2 Å². The van der Waals surface area contributed by atoms with Crippen LogP contribution >= 0.6 is 0 Å². The van der Waals surface area contributed by atoms with Crippen molar-refractivity contribution in [2.24, 2.45) is 7.05 Å². The number of hydrogen-bond acceptors (Lipinski definition) is 9. The molecule has 3 N–H and O–H groups in total. The summed E-state index contributed by atoms with van der Waals surface area (Å²) >= 11 is 0. The predicted molar refractivity (Wildman–Crippen MR) is 119 cm³/mol. The lowest BCUT2D eigenvalue weighted by molar-refractivity contribution is 0.398. The summed E-state index contributed by atoms with van der Waals surface area (Å²) in [6.45, 7) is 1.77. The molecule has 0 radical (unpaired) electrons. The molecule has 0 saturated carbocycles.